The quantitative estimate of drug-likeness (QED) is 0.271. The van der Waals surface area contributed by atoms with Crippen LogP contribution in [0, 0.1) is 17.5 Å². The number of nitrogens with zero attached hydrogens (tertiary/aromatic N) is 1. The fourth-order valence-electron chi connectivity index (χ4n) is 1.37. The van der Waals surface area contributed by atoms with Crippen LogP contribution in [0.5, 0.6) is 0 Å². The largest absolute Gasteiger partial charge is 0.477 e. The highest BCUT2D eigenvalue weighted by atomic mass is 19.2. The van der Waals surface area contributed by atoms with Gasteiger partial charge in [-0.3, -0.25) is 0 Å². The van der Waals surface area contributed by atoms with E-state index in [9.17, 15) is 22.8 Å². The summed E-state index contributed by atoms with van der Waals surface area (Å²) in [6.45, 7) is 3.58. The van der Waals surface area contributed by atoms with Gasteiger partial charge in [0.15, 0.2) is 17.5 Å². The van der Waals surface area contributed by atoms with Gasteiger partial charge in [-0.15, -0.1) is 0 Å². The lowest BCUT2D eigenvalue weighted by Gasteiger charge is -2.28. The predicted molar refractivity (Wildman–Crippen MR) is 68.2 cm³/mol. The molecule has 0 aliphatic rings. The normalized spacial score (nSPS) is 11.7. The molecule has 6 nitrogen and oxygen atoms in total. The Bertz CT molecular complexity index is 620. The Hall–Kier alpha value is -2.55. The smallest absolute Gasteiger partial charge is 0.369 e. The van der Waals surface area contributed by atoms with E-state index in [0.29, 0.717) is 11.1 Å². The van der Waals surface area contributed by atoms with Crippen molar-refractivity contribution in [3.8, 4) is 0 Å². The van der Waals surface area contributed by atoms with Crippen LogP contribution in [0.2, 0.25) is 0 Å². The fourth-order valence-corrected chi connectivity index (χ4v) is 1.37. The van der Waals surface area contributed by atoms with Gasteiger partial charge in [-0.05, 0) is 19.1 Å². The van der Waals surface area contributed by atoms with Crippen molar-refractivity contribution in [2.75, 3.05) is 11.7 Å². The van der Waals surface area contributed by atoms with Crippen molar-refractivity contribution in [3.63, 3.8) is 0 Å². The van der Waals surface area contributed by atoms with Gasteiger partial charge in [0.25, 0.3) is 0 Å². The molecular weight excluding hydrogens is 307 g/mol. The Morgan fingerprint density at radius 1 is 1.32 bits per heavy atom. The molecule has 1 rings (SSSR count). The number of carbonyl (C=O) groups is 2. The van der Waals surface area contributed by atoms with Gasteiger partial charge in [-0.1, -0.05) is 6.58 Å². The van der Waals surface area contributed by atoms with Crippen LogP contribution in [0.4, 0.5) is 18.9 Å². The minimum Gasteiger partial charge on any atom is -0.477 e. The Labute approximate surface area is 123 Å². The first-order valence-corrected chi connectivity index (χ1v) is 5.88. The second-order valence-corrected chi connectivity index (χ2v) is 4.21. The zero-order chi connectivity index (χ0) is 17.0. The number of aliphatic hydroxyl groups excluding tert-OH is 1. The lowest BCUT2D eigenvalue weighted by atomic mass is 10.2. The van der Waals surface area contributed by atoms with E-state index in [1.807, 2.05) is 0 Å². The van der Waals surface area contributed by atoms with E-state index >= 15 is 0 Å². The van der Waals surface area contributed by atoms with Crippen molar-refractivity contribution in [2.45, 2.75) is 13.0 Å². The zero-order valence-electron chi connectivity index (χ0n) is 11.3. The van der Waals surface area contributed by atoms with Crippen LogP contribution in [-0.4, -0.2) is 34.8 Å². The second kappa shape index (κ2) is 6.94. The van der Waals surface area contributed by atoms with Crippen molar-refractivity contribution < 1.29 is 37.8 Å². The number of hydrogen-bond donors (Lipinski definition) is 2. The number of aliphatic hydroxyl groups is 1. The number of hydrogen-bond acceptors (Lipinski definition) is 5. The lowest BCUT2D eigenvalue weighted by Crippen LogP contribution is -2.39. The summed E-state index contributed by atoms with van der Waals surface area (Å²) in [7, 11) is 0. The molecule has 1 aromatic carbocycles. The number of anilines is 1. The number of halogens is 3. The van der Waals surface area contributed by atoms with Gasteiger partial charge < -0.3 is 15.1 Å². The summed E-state index contributed by atoms with van der Waals surface area (Å²) in [5, 5.41) is 18.1. The molecule has 0 heterocycles. The summed E-state index contributed by atoms with van der Waals surface area (Å²) in [6.07, 6.45) is 0. The van der Waals surface area contributed by atoms with Crippen molar-refractivity contribution in [1.29, 1.82) is 0 Å². The molecule has 0 radical (unpaired) electrons. The van der Waals surface area contributed by atoms with E-state index < -0.39 is 53.3 Å². The van der Waals surface area contributed by atoms with Gasteiger partial charge in [-0.25, -0.2) is 22.8 Å². The summed E-state index contributed by atoms with van der Waals surface area (Å²) < 4.78 is 39.9. The van der Waals surface area contributed by atoms with Crippen LogP contribution in [0.25, 0.3) is 0 Å². The van der Waals surface area contributed by atoms with Crippen LogP contribution in [0.1, 0.15) is 6.92 Å². The van der Waals surface area contributed by atoms with Gasteiger partial charge >= 0.3 is 11.9 Å². The highest BCUT2D eigenvalue weighted by Crippen LogP contribution is 2.26. The SMILES string of the molecule is C=C(C(=O)O)C(=O)ON(c1ccc(F)c(F)c1F)[C@@H](C)CO. The summed E-state index contributed by atoms with van der Waals surface area (Å²) in [6, 6.07) is 0.298. The molecular formula is C13H12F3NO5. The minimum absolute atomic E-state index is 0.439. The Kier molecular flexibility index (Phi) is 5.52. The molecule has 0 saturated heterocycles. The Balaban J connectivity index is 3.20. The molecule has 1 atom stereocenters. The maximum absolute atomic E-state index is 13.8. The average Bonchev–Trinajstić information content (AvgIpc) is 2.49. The van der Waals surface area contributed by atoms with Gasteiger partial charge in [0.2, 0.25) is 0 Å². The number of aliphatic carboxylic acids is 1. The van der Waals surface area contributed by atoms with Gasteiger partial charge in [-0.2, -0.15) is 5.06 Å². The fraction of sp³-hybridized carbons (Fsp3) is 0.231. The molecule has 1 aromatic rings. The van der Waals surface area contributed by atoms with Gasteiger partial charge in [0.05, 0.1) is 12.6 Å². The minimum atomic E-state index is -1.80. The highest BCUT2D eigenvalue weighted by Gasteiger charge is 2.27. The third-order valence-electron chi connectivity index (χ3n) is 2.60. The maximum Gasteiger partial charge on any atom is 0.369 e. The third-order valence-corrected chi connectivity index (χ3v) is 2.60. The molecule has 2 N–H and O–H groups in total. The first-order valence-electron chi connectivity index (χ1n) is 5.88. The molecule has 120 valence electrons. The predicted octanol–water partition coefficient (Wildman–Crippen LogP) is 1.39. The molecule has 0 spiro atoms. The second-order valence-electron chi connectivity index (χ2n) is 4.21. The van der Waals surface area contributed by atoms with E-state index in [4.69, 9.17) is 10.2 Å². The number of hydroxylamine groups is 1. The summed E-state index contributed by atoms with van der Waals surface area (Å²) in [4.78, 5) is 26.8. The monoisotopic (exact) mass is 319 g/mol. The number of rotatable bonds is 6. The number of benzene rings is 1. The van der Waals surface area contributed by atoms with E-state index in [-0.39, 0.29) is 0 Å². The molecule has 0 saturated carbocycles. The molecule has 0 fully saturated rings. The molecule has 0 aliphatic heterocycles. The Morgan fingerprint density at radius 2 is 1.91 bits per heavy atom. The first-order chi connectivity index (χ1) is 10.2. The van der Waals surface area contributed by atoms with E-state index in [2.05, 4.69) is 11.4 Å². The standard InChI is InChI=1S/C13H12F3NO5/c1-6(5-18)17(22-13(21)7(2)12(19)20)9-4-3-8(14)10(15)11(9)16/h3-4,6,18H,2,5H2,1H3,(H,19,20)/t6-/m0/s1. The number of carbonyl (C=O) groups excluding carboxylic acids is 1. The maximum atomic E-state index is 13.8. The summed E-state index contributed by atoms with van der Waals surface area (Å²) >= 11 is 0. The highest BCUT2D eigenvalue weighted by molar-refractivity contribution is 6.12. The van der Waals surface area contributed by atoms with E-state index in [1.165, 1.54) is 6.92 Å². The number of carboxylic acid groups (broad SMARTS) is 1. The van der Waals surface area contributed by atoms with Crippen LogP contribution < -0.4 is 5.06 Å². The Morgan fingerprint density at radius 3 is 2.41 bits per heavy atom. The van der Waals surface area contributed by atoms with E-state index in [1.54, 1.807) is 0 Å². The molecule has 0 amide bonds. The van der Waals surface area contributed by atoms with E-state index in [0.717, 1.165) is 6.07 Å². The van der Waals surface area contributed by atoms with Crippen molar-refractivity contribution >= 4 is 17.6 Å². The topological polar surface area (TPSA) is 87.1 Å². The first kappa shape index (κ1) is 17.5. The number of carboxylic acids is 1. The van der Waals surface area contributed by atoms with Crippen LogP contribution >= 0.6 is 0 Å². The van der Waals surface area contributed by atoms with Crippen molar-refractivity contribution in [3.05, 3.63) is 41.7 Å². The molecule has 0 aromatic heterocycles. The van der Waals surface area contributed by atoms with Gasteiger partial charge in [0, 0.05) is 0 Å². The van der Waals surface area contributed by atoms with Gasteiger partial charge in [0.1, 0.15) is 11.3 Å². The third kappa shape index (κ3) is 3.55. The van der Waals surface area contributed by atoms with Crippen molar-refractivity contribution in [2.24, 2.45) is 0 Å². The summed E-state index contributed by atoms with van der Waals surface area (Å²) in [5.41, 5.74) is -1.65. The average molecular weight is 319 g/mol. The van der Waals surface area contributed by atoms with Crippen LogP contribution in [0.15, 0.2) is 24.3 Å². The zero-order valence-corrected chi connectivity index (χ0v) is 11.3. The van der Waals surface area contributed by atoms with Crippen LogP contribution in [-0.2, 0) is 14.4 Å². The summed E-state index contributed by atoms with van der Waals surface area (Å²) in [5.74, 6) is -8.04. The molecule has 22 heavy (non-hydrogen) atoms. The molecule has 0 bridgehead atoms. The van der Waals surface area contributed by atoms with Crippen molar-refractivity contribution in [1.82, 2.24) is 0 Å². The molecule has 9 heteroatoms. The van der Waals surface area contributed by atoms with Crippen LogP contribution in [0.3, 0.4) is 0 Å². The molecule has 0 aliphatic carbocycles. The molecule has 0 unspecified atom stereocenters. The lowest BCUT2D eigenvalue weighted by molar-refractivity contribution is -0.146.